The molecule has 2 aromatic heterocycles. The molecule has 0 aliphatic carbocycles. The molecule has 0 aromatic carbocycles. The molecule has 1 fully saturated rings. The number of carbonyl (C=O) groups excluding carboxylic acids is 1. The van der Waals surface area contributed by atoms with E-state index in [-0.39, 0.29) is 11.5 Å². The third-order valence-corrected chi connectivity index (χ3v) is 3.79. The van der Waals surface area contributed by atoms with Crippen LogP contribution in [0.25, 0.3) is 0 Å². The van der Waals surface area contributed by atoms with Crippen LogP contribution in [0.3, 0.4) is 0 Å². The number of amides is 1. The monoisotopic (exact) mass is 314 g/mol. The Bertz CT molecular complexity index is 737. The predicted octanol–water partition coefficient (Wildman–Crippen LogP) is 0.0156. The number of hydrogen-bond donors (Lipinski definition) is 0. The van der Waals surface area contributed by atoms with Crippen LogP contribution >= 0.6 is 0 Å². The SMILES string of the molecule is CCn1nc(C(=O)N2CCN(c3ncccn3)CC2)ccc1=O. The maximum absolute atomic E-state index is 12.5. The summed E-state index contributed by atoms with van der Waals surface area (Å²) in [6, 6.07) is 4.65. The fraction of sp³-hybridized carbons (Fsp3) is 0.400. The van der Waals surface area contributed by atoms with Gasteiger partial charge < -0.3 is 9.80 Å². The van der Waals surface area contributed by atoms with Crippen molar-refractivity contribution in [2.24, 2.45) is 0 Å². The second-order valence-electron chi connectivity index (χ2n) is 5.20. The van der Waals surface area contributed by atoms with Gasteiger partial charge in [-0.15, -0.1) is 0 Å². The molecule has 1 saturated heterocycles. The van der Waals surface area contributed by atoms with E-state index >= 15 is 0 Å². The molecule has 2 aromatic rings. The Morgan fingerprint density at radius 1 is 1.13 bits per heavy atom. The van der Waals surface area contributed by atoms with Gasteiger partial charge in [-0.25, -0.2) is 14.6 Å². The molecule has 0 atom stereocenters. The fourth-order valence-corrected chi connectivity index (χ4v) is 2.52. The van der Waals surface area contributed by atoms with Gasteiger partial charge in [-0.05, 0) is 19.1 Å². The zero-order valence-electron chi connectivity index (χ0n) is 12.9. The summed E-state index contributed by atoms with van der Waals surface area (Å²) in [4.78, 5) is 36.3. The smallest absolute Gasteiger partial charge is 0.274 e. The fourth-order valence-electron chi connectivity index (χ4n) is 2.52. The highest BCUT2D eigenvalue weighted by molar-refractivity contribution is 5.92. The highest BCUT2D eigenvalue weighted by Crippen LogP contribution is 2.11. The summed E-state index contributed by atoms with van der Waals surface area (Å²) >= 11 is 0. The number of anilines is 1. The van der Waals surface area contributed by atoms with E-state index in [0.717, 1.165) is 0 Å². The van der Waals surface area contributed by atoms with Crippen molar-refractivity contribution in [2.75, 3.05) is 31.1 Å². The van der Waals surface area contributed by atoms with E-state index in [1.165, 1.54) is 16.8 Å². The third-order valence-electron chi connectivity index (χ3n) is 3.79. The van der Waals surface area contributed by atoms with Crippen molar-refractivity contribution in [1.29, 1.82) is 0 Å². The maximum Gasteiger partial charge on any atom is 0.274 e. The van der Waals surface area contributed by atoms with Crippen LogP contribution < -0.4 is 10.5 Å². The second-order valence-corrected chi connectivity index (χ2v) is 5.20. The van der Waals surface area contributed by atoms with Crippen molar-refractivity contribution in [3.05, 3.63) is 46.6 Å². The van der Waals surface area contributed by atoms with Crippen molar-refractivity contribution in [3.63, 3.8) is 0 Å². The highest BCUT2D eigenvalue weighted by Gasteiger charge is 2.24. The number of aryl methyl sites for hydroxylation is 1. The van der Waals surface area contributed by atoms with Crippen LogP contribution in [0.2, 0.25) is 0 Å². The van der Waals surface area contributed by atoms with Gasteiger partial charge in [0.2, 0.25) is 5.95 Å². The lowest BCUT2D eigenvalue weighted by molar-refractivity contribution is 0.0737. The van der Waals surface area contributed by atoms with Crippen LogP contribution in [0.1, 0.15) is 17.4 Å². The topological polar surface area (TPSA) is 84.2 Å². The van der Waals surface area contributed by atoms with E-state index in [2.05, 4.69) is 15.1 Å². The van der Waals surface area contributed by atoms with Gasteiger partial charge >= 0.3 is 0 Å². The van der Waals surface area contributed by atoms with Gasteiger partial charge in [0.15, 0.2) is 0 Å². The molecule has 1 aliphatic heterocycles. The van der Waals surface area contributed by atoms with Crippen LogP contribution in [0.4, 0.5) is 5.95 Å². The zero-order chi connectivity index (χ0) is 16.2. The van der Waals surface area contributed by atoms with E-state index in [4.69, 9.17) is 0 Å². The van der Waals surface area contributed by atoms with Crippen LogP contribution in [0.15, 0.2) is 35.4 Å². The van der Waals surface area contributed by atoms with Crippen LogP contribution in [-0.4, -0.2) is 56.7 Å². The summed E-state index contributed by atoms with van der Waals surface area (Å²) in [5.74, 6) is 0.526. The number of carbonyl (C=O) groups is 1. The average molecular weight is 314 g/mol. The number of nitrogens with zero attached hydrogens (tertiary/aromatic N) is 6. The van der Waals surface area contributed by atoms with Gasteiger partial charge in [0, 0.05) is 51.2 Å². The van der Waals surface area contributed by atoms with E-state index in [1.54, 1.807) is 23.4 Å². The van der Waals surface area contributed by atoms with Crippen molar-refractivity contribution in [1.82, 2.24) is 24.6 Å². The quantitative estimate of drug-likeness (QED) is 0.794. The molecule has 0 spiro atoms. The van der Waals surface area contributed by atoms with E-state index in [9.17, 15) is 9.59 Å². The van der Waals surface area contributed by atoms with Gasteiger partial charge in [-0.2, -0.15) is 5.10 Å². The Morgan fingerprint density at radius 3 is 2.48 bits per heavy atom. The molecule has 0 bridgehead atoms. The van der Waals surface area contributed by atoms with Crippen molar-refractivity contribution in [3.8, 4) is 0 Å². The molecule has 120 valence electrons. The highest BCUT2D eigenvalue weighted by atomic mass is 16.2. The molecule has 0 saturated carbocycles. The van der Waals surface area contributed by atoms with Gasteiger partial charge in [-0.3, -0.25) is 9.59 Å². The van der Waals surface area contributed by atoms with Crippen LogP contribution in [0.5, 0.6) is 0 Å². The van der Waals surface area contributed by atoms with Gasteiger partial charge in [0.1, 0.15) is 5.69 Å². The Morgan fingerprint density at radius 2 is 1.83 bits per heavy atom. The lowest BCUT2D eigenvalue weighted by Gasteiger charge is -2.34. The lowest BCUT2D eigenvalue weighted by Crippen LogP contribution is -2.49. The summed E-state index contributed by atoms with van der Waals surface area (Å²) in [6.45, 7) is 4.75. The largest absolute Gasteiger partial charge is 0.337 e. The molecule has 1 aliphatic rings. The summed E-state index contributed by atoms with van der Waals surface area (Å²) in [5.41, 5.74) is 0.103. The van der Waals surface area contributed by atoms with E-state index in [1.807, 2.05) is 11.8 Å². The summed E-state index contributed by atoms with van der Waals surface area (Å²) in [6.07, 6.45) is 3.41. The molecule has 8 heteroatoms. The summed E-state index contributed by atoms with van der Waals surface area (Å²) < 4.78 is 1.29. The molecular weight excluding hydrogens is 296 g/mol. The molecule has 3 heterocycles. The molecule has 8 nitrogen and oxygen atoms in total. The first-order valence-corrected chi connectivity index (χ1v) is 7.58. The van der Waals surface area contributed by atoms with Gasteiger partial charge in [0.25, 0.3) is 11.5 Å². The minimum Gasteiger partial charge on any atom is -0.337 e. The zero-order valence-corrected chi connectivity index (χ0v) is 12.9. The molecule has 3 rings (SSSR count). The molecular formula is C15H18N6O2. The number of piperazine rings is 1. The predicted molar refractivity (Wildman–Crippen MR) is 84.3 cm³/mol. The first-order valence-electron chi connectivity index (χ1n) is 7.58. The Labute approximate surface area is 133 Å². The first kappa shape index (κ1) is 15.1. The number of hydrogen-bond acceptors (Lipinski definition) is 6. The Kier molecular flexibility index (Phi) is 4.31. The maximum atomic E-state index is 12.5. The molecule has 0 radical (unpaired) electrons. The minimum absolute atomic E-state index is 0.152. The average Bonchev–Trinajstić information content (AvgIpc) is 2.62. The van der Waals surface area contributed by atoms with Gasteiger partial charge in [-0.1, -0.05) is 0 Å². The second kappa shape index (κ2) is 6.55. The standard InChI is InChI=1S/C15H18N6O2/c1-2-21-13(22)5-4-12(18-21)14(23)19-8-10-20(11-9-19)15-16-6-3-7-17-15/h3-7H,2,8-11H2,1H3. The number of rotatable bonds is 3. The van der Waals surface area contributed by atoms with Crippen LogP contribution in [0, 0.1) is 0 Å². The molecule has 23 heavy (non-hydrogen) atoms. The third kappa shape index (κ3) is 3.20. The van der Waals surface area contributed by atoms with E-state index in [0.29, 0.717) is 44.4 Å². The van der Waals surface area contributed by atoms with Gasteiger partial charge in [0.05, 0.1) is 0 Å². The summed E-state index contributed by atoms with van der Waals surface area (Å²) in [5, 5.41) is 4.12. The molecule has 0 unspecified atom stereocenters. The summed E-state index contributed by atoms with van der Waals surface area (Å²) in [7, 11) is 0. The lowest BCUT2D eigenvalue weighted by atomic mass is 10.2. The van der Waals surface area contributed by atoms with Crippen LogP contribution in [-0.2, 0) is 6.54 Å². The molecule has 1 amide bonds. The van der Waals surface area contributed by atoms with Crippen molar-refractivity contribution in [2.45, 2.75) is 13.5 Å². The van der Waals surface area contributed by atoms with E-state index < -0.39 is 0 Å². The Hall–Kier alpha value is -2.77. The Balaban J connectivity index is 1.68. The normalized spacial score (nSPS) is 14.8. The first-order chi connectivity index (χ1) is 11.2. The number of aromatic nitrogens is 4. The minimum atomic E-state index is -0.199. The van der Waals surface area contributed by atoms with Crippen molar-refractivity contribution < 1.29 is 4.79 Å². The van der Waals surface area contributed by atoms with Crippen molar-refractivity contribution >= 4 is 11.9 Å². The molecule has 0 N–H and O–H groups in total.